The SMILES string of the molecule is Cc1c(C(=O)N2CCNCC2c2nccn2C)cnn1-c1cccc(Cl)c1.Cl. The Bertz CT molecular complexity index is 982. The van der Waals surface area contributed by atoms with Gasteiger partial charge in [0.25, 0.3) is 5.91 Å². The van der Waals surface area contributed by atoms with Crippen molar-refractivity contribution in [3.63, 3.8) is 0 Å². The standard InChI is InChI=1S/C19H21ClN6O.ClH/c1-13-16(11-23-26(13)15-5-3-4-14(20)10-15)19(27)25-9-6-21-12-17(25)18-22-7-8-24(18)2;/h3-5,7-8,10-11,17,21H,6,9,12H2,1-2H3;1H. The highest BCUT2D eigenvalue weighted by atomic mass is 35.5. The van der Waals surface area contributed by atoms with Gasteiger partial charge >= 0.3 is 0 Å². The number of halogens is 2. The van der Waals surface area contributed by atoms with E-state index in [9.17, 15) is 4.79 Å². The van der Waals surface area contributed by atoms with Gasteiger partial charge in [-0.25, -0.2) is 9.67 Å². The molecule has 9 heteroatoms. The van der Waals surface area contributed by atoms with Gasteiger partial charge in [0.1, 0.15) is 11.9 Å². The molecule has 0 bridgehead atoms. The van der Waals surface area contributed by atoms with Crippen molar-refractivity contribution in [3.05, 3.63) is 65.0 Å². The van der Waals surface area contributed by atoms with Gasteiger partial charge in [-0.3, -0.25) is 4.79 Å². The van der Waals surface area contributed by atoms with E-state index in [2.05, 4.69) is 15.4 Å². The summed E-state index contributed by atoms with van der Waals surface area (Å²) in [6.07, 6.45) is 5.29. The van der Waals surface area contributed by atoms with Crippen molar-refractivity contribution < 1.29 is 4.79 Å². The quantitative estimate of drug-likeness (QED) is 0.707. The van der Waals surface area contributed by atoms with Crippen molar-refractivity contribution in [3.8, 4) is 5.69 Å². The average Bonchev–Trinajstić information content (AvgIpc) is 3.27. The minimum atomic E-state index is -0.111. The van der Waals surface area contributed by atoms with Gasteiger partial charge in [0.05, 0.1) is 23.1 Å². The Labute approximate surface area is 174 Å². The van der Waals surface area contributed by atoms with Crippen molar-refractivity contribution in [1.82, 2.24) is 29.5 Å². The summed E-state index contributed by atoms with van der Waals surface area (Å²) in [6, 6.07) is 7.32. The Morgan fingerprint density at radius 3 is 2.89 bits per heavy atom. The first-order valence-electron chi connectivity index (χ1n) is 8.85. The van der Waals surface area contributed by atoms with E-state index in [0.29, 0.717) is 23.7 Å². The van der Waals surface area contributed by atoms with Crippen LogP contribution in [0.25, 0.3) is 5.69 Å². The number of hydrogen-bond donors (Lipinski definition) is 1. The molecular formula is C19H22Cl2N6O. The maximum absolute atomic E-state index is 13.3. The lowest BCUT2D eigenvalue weighted by Crippen LogP contribution is -2.49. The summed E-state index contributed by atoms with van der Waals surface area (Å²) in [5.41, 5.74) is 2.22. The summed E-state index contributed by atoms with van der Waals surface area (Å²) >= 11 is 6.10. The maximum Gasteiger partial charge on any atom is 0.258 e. The molecular weight excluding hydrogens is 399 g/mol. The van der Waals surface area contributed by atoms with Crippen LogP contribution in [0.2, 0.25) is 5.02 Å². The molecule has 3 heterocycles. The minimum absolute atomic E-state index is 0. The number of piperazine rings is 1. The molecule has 4 rings (SSSR count). The van der Waals surface area contributed by atoms with Gasteiger partial charge in [-0.15, -0.1) is 12.4 Å². The molecule has 0 saturated carbocycles. The van der Waals surface area contributed by atoms with Gasteiger partial charge in [-0.2, -0.15) is 5.10 Å². The summed E-state index contributed by atoms with van der Waals surface area (Å²) in [5, 5.41) is 8.41. The zero-order valence-corrected chi connectivity index (χ0v) is 17.2. The fourth-order valence-corrected chi connectivity index (χ4v) is 3.70. The van der Waals surface area contributed by atoms with Crippen LogP contribution in [0.4, 0.5) is 0 Å². The first-order valence-corrected chi connectivity index (χ1v) is 9.23. The Kier molecular flexibility index (Phi) is 6.07. The van der Waals surface area contributed by atoms with Gasteiger partial charge in [0.15, 0.2) is 0 Å². The first kappa shape index (κ1) is 20.4. The van der Waals surface area contributed by atoms with E-state index in [1.165, 1.54) is 0 Å². The number of nitrogens with zero attached hydrogens (tertiary/aromatic N) is 5. The van der Waals surface area contributed by atoms with Crippen LogP contribution in [0.15, 0.2) is 42.9 Å². The van der Waals surface area contributed by atoms with Crippen molar-refractivity contribution in [2.24, 2.45) is 7.05 Å². The lowest BCUT2D eigenvalue weighted by molar-refractivity contribution is 0.0620. The van der Waals surface area contributed by atoms with E-state index in [4.69, 9.17) is 11.6 Å². The molecule has 1 aromatic carbocycles. The molecule has 1 fully saturated rings. The van der Waals surface area contributed by atoms with E-state index in [-0.39, 0.29) is 24.4 Å². The zero-order valence-electron chi connectivity index (χ0n) is 15.7. The van der Waals surface area contributed by atoms with E-state index in [0.717, 1.165) is 23.8 Å². The van der Waals surface area contributed by atoms with Crippen molar-refractivity contribution in [1.29, 1.82) is 0 Å². The Morgan fingerprint density at radius 1 is 1.36 bits per heavy atom. The van der Waals surface area contributed by atoms with E-state index in [1.54, 1.807) is 17.1 Å². The van der Waals surface area contributed by atoms with Crippen LogP contribution in [0, 0.1) is 6.92 Å². The lowest BCUT2D eigenvalue weighted by Gasteiger charge is -2.35. The molecule has 148 valence electrons. The largest absolute Gasteiger partial charge is 0.336 e. The summed E-state index contributed by atoms with van der Waals surface area (Å²) in [4.78, 5) is 19.7. The molecule has 1 unspecified atom stereocenters. The topological polar surface area (TPSA) is 68.0 Å². The number of aromatic nitrogens is 4. The molecule has 28 heavy (non-hydrogen) atoms. The monoisotopic (exact) mass is 420 g/mol. The highest BCUT2D eigenvalue weighted by Gasteiger charge is 2.32. The summed E-state index contributed by atoms with van der Waals surface area (Å²) in [6.45, 7) is 3.96. The Balaban J connectivity index is 0.00000225. The van der Waals surface area contributed by atoms with Gasteiger partial charge < -0.3 is 14.8 Å². The first-order chi connectivity index (χ1) is 13.1. The molecule has 1 saturated heterocycles. The maximum atomic E-state index is 13.3. The van der Waals surface area contributed by atoms with Crippen LogP contribution in [0.1, 0.15) is 27.9 Å². The van der Waals surface area contributed by atoms with Gasteiger partial charge in [-0.05, 0) is 25.1 Å². The predicted molar refractivity (Wildman–Crippen MR) is 110 cm³/mol. The molecule has 1 amide bonds. The Hall–Kier alpha value is -2.35. The van der Waals surface area contributed by atoms with Crippen molar-refractivity contribution in [2.75, 3.05) is 19.6 Å². The number of imidazole rings is 1. The van der Waals surface area contributed by atoms with Crippen LogP contribution >= 0.6 is 24.0 Å². The molecule has 7 nitrogen and oxygen atoms in total. The van der Waals surface area contributed by atoms with E-state index in [1.807, 2.05) is 53.9 Å². The van der Waals surface area contributed by atoms with Gasteiger partial charge in [0, 0.05) is 44.1 Å². The third-order valence-electron chi connectivity index (χ3n) is 4.95. The van der Waals surface area contributed by atoms with Crippen LogP contribution < -0.4 is 5.32 Å². The van der Waals surface area contributed by atoms with Crippen LogP contribution in [-0.4, -0.2) is 49.8 Å². The average molecular weight is 421 g/mol. The van der Waals surface area contributed by atoms with Crippen LogP contribution in [0.3, 0.4) is 0 Å². The summed E-state index contributed by atoms with van der Waals surface area (Å²) in [7, 11) is 1.95. The number of carbonyl (C=O) groups excluding carboxylic acids is 1. The molecule has 1 atom stereocenters. The second-order valence-electron chi connectivity index (χ2n) is 6.65. The number of amides is 1. The predicted octanol–water partition coefficient (Wildman–Crippen LogP) is 2.78. The normalized spacial score (nSPS) is 16.7. The number of hydrogen-bond acceptors (Lipinski definition) is 4. The minimum Gasteiger partial charge on any atom is -0.336 e. The van der Waals surface area contributed by atoms with Crippen molar-refractivity contribution in [2.45, 2.75) is 13.0 Å². The number of nitrogens with one attached hydrogen (secondary N) is 1. The smallest absolute Gasteiger partial charge is 0.258 e. The fraction of sp³-hybridized carbons (Fsp3) is 0.316. The second kappa shape index (κ2) is 8.34. The van der Waals surface area contributed by atoms with Crippen molar-refractivity contribution >= 4 is 29.9 Å². The third kappa shape index (κ3) is 3.65. The molecule has 0 aliphatic carbocycles. The van der Waals surface area contributed by atoms with Crippen LogP contribution in [0.5, 0.6) is 0 Å². The Morgan fingerprint density at radius 2 is 2.18 bits per heavy atom. The fourth-order valence-electron chi connectivity index (χ4n) is 3.52. The number of aryl methyl sites for hydroxylation is 1. The number of carbonyl (C=O) groups is 1. The second-order valence-corrected chi connectivity index (χ2v) is 7.09. The zero-order chi connectivity index (χ0) is 19.0. The molecule has 1 aliphatic heterocycles. The molecule has 1 N–H and O–H groups in total. The highest BCUT2D eigenvalue weighted by Crippen LogP contribution is 2.25. The lowest BCUT2D eigenvalue weighted by atomic mass is 10.1. The van der Waals surface area contributed by atoms with E-state index < -0.39 is 0 Å². The molecule has 0 radical (unpaired) electrons. The summed E-state index contributed by atoms with van der Waals surface area (Å²) < 4.78 is 3.71. The highest BCUT2D eigenvalue weighted by molar-refractivity contribution is 6.30. The molecule has 3 aromatic rings. The van der Waals surface area contributed by atoms with Gasteiger partial charge in [0.2, 0.25) is 0 Å². The molecule has 1 aliphatic rings. The molecule has 2 aromatic heterocycles. The van der Waals surface area contributed by atoms with Crippen LogP contribution in [-0.2, 0) is 7.05 Å². The van der Waals surface area contributed by atoms with Gasteiger partial charge in [-0.1, -0.05) is 17.7 Å². The molecule has 0 spiro atoms. The summed E-state index contributed by atoms with van der Waals surface area (Å²) in [5.74, 6) is 0.839. The van der Waals surface area contributed by atoms with E-state index >= 15 is 0 Å². The number of rotatable bonds is 3. The third-order valence-corrected chi connectivity index (χ3v) is 5.19. The number of benzene rings is 1.